The molecule has 0 aromatic heterocycles. The molecule has 1 atom stereocenters. The minimum Gasteiger partial charge on any atom is -0.404 e. The van der Waals surface area contributed by atoms with E-state index in [1.54, 1.807) is 24.4 Å². The number of anilines is 2. The summed E-state index contributed by atoms with van der Waals surface area (Å²) in [4.78, 5) is 42.3. The largest absolute Gasteiger partial charge is 0.404 e. The van der Waals surface area contributed by atoms with E-state index < -0.39 is 17.9 Å². The van der Waals surface area contributed by atoms with Gasteiger partial charge in [0.15, 0.2) is 0 Å². The van der Waals surface area contributed by atoms with Crippen LogP contribution in [-0.4, -0.2) is 61.0 Å². The number of hydrogen-bond acceptors (Lipinski definition) is 8. The zero-order valence-electron chi connectivity index (χ0n) is 20.7. The van der Waals surface area contributed by atoms with E-state index in [0.717, 1.165) is 10.7 Å². The molecule has 0 bridgehead atoms. The summed E-state index contributed by atoms with van der Waals surface area (Å²) in [7, 11) is 1.44. The van der Waals surface area contributed by atoms with Gasteiger partial charge in [0, 0.05) is 50.3 Å². The van der Waals surface area contributed by atoms with Crippen LogP contribution < -0.4 is 27.5 Å². The summed E-state index contributed by atoms with van der Waals surface area (Å²) in [5.41, 5.74) is 13.6. The molecule has 2 amide bonds. The third-order valence-corrected chi connectivity index (χ3v) is 5.38. The first kappa shape index (κ1) is 27.4. The second-order valence-electron chi connectivity index (χ2n) is 9.28. The summed E-state index contributed by atoms with van der Waals surface area (Å²) in [5.74, 6) is 11.3. The number of hydrazine groups is 1. The maximum absolute atomic E-state index is 12.9. The number of rotatable bonds is 8. The molecule has 1 unspecified atom stereocenters. The number of benzene rings is 1. The lowest BCUT2D eigenvalue weighted by Gasteiger charge is -2.38. The highest BCUT2D eigenvalue weighted by Gasteiger charge is 2.30. The number of carbonyl (C=O) groups is 3. The average Bonchev–Trinajstić information content (AvgIpc) is 2.78. The van der Waals surface area contributed by atoms with Crippen molar-refractivity contribution in [1.29, 1.82) is 0 Å². The zero-order chi connectivity index (χ0) is 26.2. The van der Waals surface area contributed by atoms with Crippen LogP contribution in [0, 0.1) is 17.8 Å². The normalized spacial score (nSPS) is 15.1. The molecule has 0 saturated carbocycles. The maximum atomic E-state index is 12.9. The molecule has 0 aliphatic carbocycles. The number of nitrogen functional groups attached to an aromatic ring is 1. The fraction of sp³-hybridized carbons (Fsp3) is 0.440. The van der Waals surface area contributed by atoms with Crippen molar-refractivity contribution < 1.29 is 14.4 Å². The second kappa shape index (κ2) is 12.0. The van der Waals surface area contributed by atoms with Gasteiger partial charge >= 0.3 is 0 Å². The number of nitrogens with one attached hydrogen (secondary N) is 1. The Balaban J connectivity index is 2.05. The van der Waals surface area contributed by atoms with E-state index in [1.165, 1.54) is 13.2 Å². The van der Waals surface area contributed by atoms with E-state index >= 15 is 0 Å². The molecule has 10 heteroatoms. The van der Waals surface area contributed by atoms with Crippen LogP contribution in [0.4, 0.5) is 11.4 Å². The molecule has 7 N–H and O–H groups in total. The standard InChI is InChI=1S/C25H35N7O3/c1-25(2,3)30-14-17(13-26)7-8-18-15-31(16-18)19-9-10-20(21(27)12-19)24(35)32(28)22(6-5-11-33)23(34)29-4/h9-14,18,22H,5-6,15-16,26-28H2,1-4H3,(H,29,34). The molecule has 1 heterocycles. The summed E-state index contributed by atoms with van der Waals surface area (Å²) >= 11 is 0. The van der Waals surface area contributed by atoms with Gasteiger partial charge in [0.1, 0.15) is 12.3 Å². The van der Waals surface area contributed by atoms with Gasteiger partial charge in [-0.3, -0.25) is 19.6 Å². The quantitative estimate of drug-likeness (QED) is 0.0813. The molecular weight excluding hydrogens is 446 g/mol. The van der Waals surface area contributed by atoms with E-state index in [1.807, 2.05) is 20.8 Å². The zero-order valence-corrected chi connectivity index (χ0v) is 20.7. The van der Waals surface area contributed by atoms with Gasteiger partial charge in [0.25, 0.3) is 5.91 Å². The Morgan fingerprint density at radius 3 is 2.57 bits per heavy atom. The SMILES string of the molecule is CNC(=O)C(CCC=O)N(N)C(=O)c1ccc(N2CC(C#CC(C=NC(C)(C)C)=CN)C2)cc1N. The predicted molar refractivity (Wildman–Crippen MR) is 138 cm³/mol. The topological polar surface area (TPSA) is 160 Å². The molecule has 0 spiro atoms. The Morgan fingerprint density at radius 2 is 2.03 bits per heavy atom. The summed E-state index contributed by atoms with van der Waals surface area (Å²) in [6, 6.07) is 4.09. The third-order valence-electron chi connectivity index (χ3n) is 5.38. The molecule has 188 valence electrons. The van der Waals surface area contributed by atoms with Crippen molar-refractivity contribution in [2.75, 3.05) is 30.8 Å². The van der Waals surface area contributed by atoms with Crippen LogP contribution in [0.5, 0.6) is 0 Å². The van der Waals surface area contributed by atoms with Crippen molar-refractivity contribution in [3.63, 3.8) is 0 Å². The number of hydrogen-bond donors (Lipinski definition) is 4. The molecule has 1 aromatic carbocycles. The first-order valence-corrected chi connectivity index (χ1v) is 11.4. The van der Waals surface area contributed by atoms with Crippen molar-refractivity contribution in [2.45, 2.75) is 45.2 Å². The molecule has 1 aliphatic heterocycles. The number of nitrogens with zero attached hydrogens (tertiary/aromatic N) is 3. The molecule has 1 fully saturated rings. The van der Waals surface area contributed by atoms with Gasteiger partial charge in [-0.25, -0.2) is 5.84 Å². The van der Waals surface area contributed by atoms with Crippen molar-refractivity contribution in [3.8, 4) is 11.8 Å². The monoisotopic (exact) mass is 481 g/mol. The molecule has 1 aromatic rings. The number of aldehydes is 1. The van der Waals surface area contributed by atoms with Gasteiger partial charge < -0.3 is 26.5 Å². The molecule has 35 heavy (non-hydrogen) atoms. The van der Waals surface area contributed by atoms with Crippen LogP contribution in [0.1, 0.15) is 44.0 Å². The van der Waals surface area contributed by atoms with Gasteiger partial charge in [-0.2, -0.15) is 0 Å². The van der Waals surface area contributed by atoms with Gasteiger partial charge in [-0.1, -0.05) is 11.8 Å². The Labute approximate surface area is 206 Å². The summed E-state index contributed by atoms with van der Waals surface area (Å²) in [5, 5.41) is 3.29. The average molecular weight is 482 g/mol. The Bertz CT molecular complexity index is 1060. The summed E-state index contributed by atoms with van der Waals surface area (Å²) < 4.78 is 0. The number of aliphatic imine (C=N–C) groups is 1. The number of amides is 2. The molecule has 10 nitrogen and oxygen atoms in total. The first-order valence-electron chi connectivity index (χ1n) is 11.4. The van der Waals surface area contributed by atoms with E-state index in [4.69, 9.17) is 17.3 Å². The van der Waals surface area contributed by atoms with Crippen LogP contribution in [0.25, 0.3) is 0 Å². The molecule has 1 saturated heterocycles. The minimum absolute atomic E-state index is 0.0957. The lowest BCUT2D eigenvalue weighted by Crippen LogP contribution is -2.52. The van der Waals surface area contributed by atoms with E-state index in [-0.39, 0.29) is 35.5 Å². The Hall–Kier alpha value is -3.84. The van der Waals surface area contributed by atoms with Crippen molar-refractivity contribution >= 4 is 35.7 Å². The Morgan fingerprint density at radius 1 is 1.34 bits per heavy atom. The fourth-order valence-electron chi connectivity index (χ4n) is 3.36. The van der Waals surface area contributed by atoms with E-state index in [9.17, 15) is 14.4 Å². The number of allylic oxidation sites excluding steroid dienone is 1. The highest BCUT2D eigenvalue weighted by atomic mass is 16.2. The highest BCUT2D eigenvalue weighted by Crippen LogP contribution is 2.28. The summed E-state index contributed by atoms with van der Waals surface area (Å²) in [6.07, 6.45) is 4.02. The van der Waals surface area contributed by atoms with E-state index in [0.29, 0.717) is 24.9 Å². The lowest BCUT2D eigenvalue weighted by atomic mass is 9.98. The van der Waals surface area contributed by atoms with Gasteiger partial charge in [-0.05, 0) is 45.4 Å². The third kappa shape index (κ3) is 7.58. The van der Waals surface area contributed by atoms with Gasteiger partial charge in [-0.15, -0.1) is 0 Å². The van der Waals surface area contributed by atoms with Crippen LogP contribution in [-0.2, 0) is 9.59 Å². The lowest BCUT2D eigenvalue weighted by molar-refractivity contribution is -0.125. The number of carbonyl (C=O) groups excluding carboxylic acids is 3. The molecule has 1 aliphatic rings. The number of likely N-dealkylation sites (N-methyl/N-ethyl adjacent to an activating group) is 1. The van der Waals surface area contributed by atoms with Crippen molar-refractivity contribution in [1.82, 2.24) is 10.3 Å². The molecule has 0 radical (unpaired) electrons. The Kier molecular flexibility index (Phi) is 9.42. The first-order chi connectivity index (χ1) is 16.5. The smallest absolute Gasteiger partial charge is 0.270 e. The van der Waals surface area contributed by atoms with Crippen LogP contribution in [0.2, 0.25) is 0 Å². The fourth-order valence-corrected chi connectivity index (χ4v) is 3.36. The predicted octanol–water partition coefficient (Wildman–Crippen LogP) is 0.830. The van der Waals surface area contributed by atoms with Crippen molar-refractivity contribution in [2.24, 2.45) is 22.5 Å². The minimum atomic E-state index is -0.979. The second-order valence-corrected chi connectivity index (χ2v) is 9.28. The van der Waals surface area contributed by atoms with Crippen LogP contribution >= 0.6 is 0 Å². The van der Waals surface area contributed by atoms with Crippen molar-refractivity contribution in [3.05, 3.63) is 35.5 Å². The van der Waals surface area contributed by atoms with Gasteiger partial charge in [0.05, 0.1) is 22.6 Å². The van der Waals surface area contributed by atoms with E-state index in [2.05, 4.69) is 27.0 Å². The van der Waals surface area contributed by atoms with Crippen LogP contribution in [0.15, 0.2) is 35.0 Å². The molecular formula is C25H35N7O3. The van der Waals surface area contributed by atoms with Gasteiger partial charge in [0.2, 0.25) is 5.91 Å². The van der Waals surface area contributed by atoms with Crippen LogP contribution in [0.3, 0.4) is 0 Å². The maximum Gasteiger partial charge on any atom is 0.270 e. The highest BCUT2D eigenvalue weighted by molar-refractivity contribution is 6.01. The number of nitrogens with two attached hydrogens (primary N) is 3. The summed E-state index contributed by atoms with van der Waals surface area (Å²) in [6.45, 7) is 7.42. The molecule has 2 rings (SSSR count).